The molecule has 1 aromatic carbocycles. The monoisotopic (exact) mass is 172 g/mol. The zero-order valence-electron chi connectivity index (χ0n) is 8.16. The van der Waals surface area contributed by atoms with Crippen LogP contribution in [-0.2, 0) is 0 Å². The molecule has 2 aliphatic rings. The van der Waals surface area contributed by atoms with Gasteiger partial charge in [-0.2, -0.15) is 0 Å². The van der Waals surface area contributed by atoms with Crippen molar-refractivity contribution in [1.82, 2.24) is 0 Å². The van der Waals surface area contributed by atoms with E-state index in [0.29, 0.717) is 0 Å². The van der Waals surface area contributed by atoms with Crippen molar-refractivity contribution in [3.63, 3.8) is 0 Å². The second-order valence-corrected chi connectivity index (χ2v) is 4.70. The van der Waals surface area contributed by atoms with Crippen molar-refractivity contribution in [1.29, 1.82) is 0 Å². The predicted octanol–water partition coefficient (Wildman–Crippen LogP) is 3.51. The average molecular weight is 172 g/mol. The molecule has 0 amide bonds. The molecule has 0 bridgehead atoms. The Morgan fingerprint density at radius 1 is 1.00 bits per heavy atom. The van der Waals surface area contributed by atoms with Crippen LogP contribution in [0.1, 0.15) is 36.3 Å². The highest BCUT2D eigenvalue weighted by Crippen LogP contribution is 2.62. The van der Waals surface area contributed by atoms with Crippen LogP contribution in [0.3, 0.4) is 0 Å². The minimum absolute atomic E-state index is 0.939. The van der Waals surface area contributed by atoms with Crippen molar-refractivity contribution in [2.45, 2.75) is 32.1 Å². The lowest BCUT2D eigenvalue weighted by atomic mass is 10.0. The Morgan fingerprint density at radius 2 is 1.62 bits per heavy atom. The summed E-state index contributed by atoms with van der Waals surface area (Å²) in [5, 5.41) is 0. The molecule has 0 heterocycles. The van der Waals surface area contributed by atoms with Gasteiger partial charge >= 0.3 is 0 Å². The van der Waals surface area contributed by atoms with Crippen molar-refractivity contribution < 1.29 is 0 Å². The molecule has 2 atom stereocenters. The molecule has 3 rings (SSSR count). The molecule has 0 saturated heterocycles. The Bertz CT molecular complexity index is 299. The zero-order valence-corrected chi connectivity index (χ0v) is 8.16. The first-order valence-electron chi connectivity index (χ1n) is 5.43. The van der Waals surface area contributed by atoms with Crippen molar-refractivity contribution in [3.05, 3.63) is 35.4 Å². The van der Waals surface area contributed by atoms with Gasteiger partial charge in [0.25, 0.3) is 0 Å². The molecule has 0 nitrogen and oxygen atoms in total. The van der Waals surface area contributed by atoms with E-state index in [0.717, 1.165) is 17.8 Å². The molecule has 2 aliphatic carbocycles. The van der Waals surface area contributed by atoms with E-state index in [1.165, 1.54) is 24.8 Å². The van der Waals surface area contributed by atoms with E-state index >= 15 is 0 Å². The maximum atomic E-state index is 2.33. The second kappa shape index (κ2) is 2.60. The van der Waals surface area contributed by atoms with Crippen molar-refractivity contribution in [3.8, 4) is 0 Å². The van der Waals surface area contributed by atoms with Gasteiger partial charge in [0.2, 0.25) is 0 Å². The second-order valence-electron chi connectivity index (χ2n) is 4.70. The van der Waals surface area contributed by atoms with Crippen molar-refractivity contribution >= 4 is 0 Å². The molecule has 2 saturated carbocycles. The highest BCUT2D eigenvalue weighted by molar-refractivity contribution is 5.31. The van der Waals surface area contributed by atoms with Crippen LogP contribution in [0.4, 0.5) is 0 Å². The van der Waals surface area contributed by atoms with E-state index in [4.69, 9.17) is 0 Å². The van der Waals surface area contributed by atoms with Gasteiger partial charge in [-0.15, -0.1) is 0 Å². The highest BCUT2D eigenvalue weighted by atomic mass is 14.6. The third-order valence-electron chi connectivity index (χ3n) is 3.87. The predicted molar refractivity (Wildman–Crippen MR) is 54.8 cm³/mol. The molecule has 0 heteroatoms. The van der Waals surface area contributed by atoms with Crippen molar-refractivity contribution in [2.24, 2.45) is 11.8 Å². The molecule has 2 fully saturated rings. The third kappa shape index (κ3) is 1.12. The number of hydrogen-bond acceptors (Lipinski definition) is 0. The van der Waals surface area contributed by atoms with Crippen LogP contribution >= 0.6 is 0 Å². The molecular weight excluding hydrogens is 156 g/mol. The van der Waals surface area contributed by atoms with Crippen LogP contribution in [-0.4, -0.2) is 0 Å². The Morgan fingerprint density at radius 3 is 2.23 bits per heavy atom. The van der Waals surface area contributed by atoms with Crippen LogP contribution in [0.2, 0.25) is 0 Å². The van der Waals surface area contributed by atoms with Crippen LogP contribution in [0, 0.1) is 18.8 Å². The van der Waals surface area contributed by atoms with Gasteiger partial charge in [-0.1, -0.05) is 36.2 Å². The van der Waals surface area contributed by atoms with Gasteiger partial charge < -0.3 is 0 Å². The van der Waals surface area contributed by atoms with E-state index in [-0.39, 0.29) is 0 Å². The number of fused-ring (bicyclic) bond motifs is 1. The molecule has 2 unspecified atom stereocenters. The van der Waals surface area contributed by atoms with Crippen LogP contribution in [0.5, 0.6) is 0 Å². The number of aryl methyl sites for hydroxylation is 1. The van der Waals surface area contributed by atoms with Gasteiger partial charge in [0, 0.05) is 0 Å². The molecule has 68 valence electrons. The molecule has 1 aromatic rings. The topological polar surface area (TPSA) is 0 Å². The van der Waals surface area contributed by atoms with Crippen molar-refractivity contribution in [2.75, 3.05) is 0 Å². The average Bonchev–Trinajstić information content (AvgIpc) is 2.63. The molecule has 13 heavy (non-hydrogen) atoms. The van der Waals surface area contributed by atoms with Gasteiger partial charge in [-0.25, -0.2) is 0 Å². The summed E-state index contributed by atoms with van der Waals surface area (Å²) < 4.78 is 0. The van der Waals surface area contributed by atoms with E-state index in [1.807, 2.05) is 0 Å². The Kier molecular flexibility index (Phi) is 1.52. The lowest BCUT2D eigenvalue weighted by Gasteiger charge is -2.03. The maximum absolute atomic E-state index is 2.33. The molecule has 0 N–H and O–H groups in total. The molecule has 0 aromatic heterocycles. The summed E-state index contributed by atoms with van der Waals surface area (Å²) in [6, 6.07) is 9.17. The van der Waals surface area contributed by atoms with Gasteiger partial charge in [0.1, 0.15) is 0 Å². The van der Waals surface area contributed by atoms with Gasteiger partial charge in [0.05, 0.1) is 0 Å². The quantitative estimate of drug-likeness (QED) is 0.608. The summed E-state index contributed by atoms with van der Waals surface area (Å²) in [7, 11) is 0. The van der Waals surface area contributed by atoms with E-state index in [1.54, 1.807) is 5.56 Å². The maximum Gasteiger partial charge on any atom is -0.00995 e. The standard InChI is InChI=1S/C13H16/c1-9-5-7-10(8-6-9)13-11-3-2-4-12(11)13/h5-8,11-13H,2-4H2,1H3. The number of benzene rings is 1. The fourth-order valence-corrected chi connectivity index (χ4v) is 3.10. The molecular formula is C13H16. The normalized spacial score (nSPS) is 35.9. The summed E-state index contributed by atoms with van der Waals surface area (Å²) in [6.45, 7) is 2.16. The summed E-state index contributed by atoms with van der Waals surface area (Å²) >= 11 is 0. The van der Waals surface area contributed by atoms with E-state index in [2.05, 4.69) is 31.2 Å². The Hall–Kier alpha value is -0.780. The lowest BCUT2D eigenvalue weighted by molar-refractivity contribution is 0.682. The van der Waals surface area contributed by atoms with E-state index < -0.39 is 0 Å². The first kappa shape index (κ1) is 7.61. The highest BCUT2D eigenvalue weighted by Gasteiger charge is 2.52. The van der Waals surface area contributed by atoms with E-state index in [9.17, 15) is 0 Å². The minimum atomic E-state index is 0.939. The molecule has 0 radical (unpaired) electrons. The molecule has 0 spiro atoms. The van der Waals surface area contributed by atoms with Crippen LogP contribution in [0.25, 0.3) is 0 Å². The number of hydrogen-bond donors (Lipinski definition) is 0. The Labute approximate surface area is 80.0 Å². The number of rotatable bonds is 1. The fraction of sp³-hybridized carbons (Fsp3) is 0.538. The zero-order chi connectivity index (χ0) is 8.84. The first-order valence-corrected chi connectivity index (χ1v) is 5.43. The lowest BCUT2D eigenvalue weighted by Crippen LogP contribution is -1.87. The Balaban J connectivity index is 1.83. The molecule has 0 aliphatic heterocycles. The smallest absolute Gasteiger partial charge is 0.00995 e. The summed E-state index contributed by atoms with van der Waals surface area (Å²) in [6.07, 6.45) is 4.46. The van der Waals surface area contributed by atoms with Gasteiger partial charge in [0.15, 0.2) is 0 Å². The van der Waals surface area contributed by atoms with Crippen LogP contribution in [0.15, 0.2) is 24.3 Å². The third-order valence-corrected chi connectivity index (χ3v) is 3.87. The van der Waals surface area contributed by atoms with Crippen LogP contribution < -0.4 is 0 Å². The van der Waals surface area contributed by atoms with Gasteiger partial charge in [-0.05, 0) is 43.1 Å². The summed E-state index contributed by atoms with van der Waals surface area (Å²) in [5.41, 5.74) is 2.98. The fourth-order valence-electron chi connectivity index (χ4n) is 3.10. The first-order chi connectivity index (χ1) is 6.36. The summed E-state index contributed by atoms with van der Waals surface area (Å²) in [4.78, 5) is 0. The minimum Gasteiger partial charge on any atom is -0.0590 e. The SMILES string of the molecule is Cc1ccc(C2C3CCCC32)cc1. The summed E-state index contributed by atoms with van der Waals surface area (Å²) in [5.74, 6) is 3.06. The van der Waals surface area contributed by atoms with Gasteiger partial charge in [-0.3, -0.25) is 0 Å². The largest absolute Gasteiger partial charge is 0.0590 e.